The third kappa shape index (κ3) is 3.07. The van der Waals surface area contributed by atoms with E-state index in [0.29, 0.717) is 5.82 Å². The average Bonchev–Trinajstić information content (AvgIpc) is 3.26. The molecule has 0 saturated carbocycles. The molecule has 1 unspecified atom stereocenters. The lowest BCUT2D eigenvalue weighted by atomic mass is 10.0. The molecule has 0 aliphatic carbocycles. The smallest absolute Gasteiger partial charge is 0.161 e. The molecular formula is C22H20FN5O. The maximum atomic E-state index is 13.8. The molecule has 1 N–H and O–H groups in total. The Morgan fingerprint density at radius 1 is 1.10 bits per heavy atom. The molecule has 4 heterocycles. The molecule has 7 heteroatoms. The number of hydrogen-bond donors (Lipinski definition) is 1. The minimum atomic E-state index is -1.10. The highest BCUT2D eigenvalue weighted by Crippen LogP contribution is 2.35. The molecule has 29 heavy (non-hydrogen) atoms. The first-order valence-electron chi connectivity index (χ1n) is 9.59. The summed E-state index contributed by atoms with van der Waals surface area (Å²) in [4.78, 5) is 18.1. The molecule has 4 aromatic rings. The van der Waals surface area contributed by atoms with Crippen LogP contribution in [0.1, 0.15) is 43.5 Å². The van der Waals surface area contributed by atoms with Gasteiger partial charge in [0.15, 0.2) is 11.5 Å². The summed E-state index contributed by atoms with van der Waals surface area (Å²) >= 11 is 0. The molecule has 0 amide bonds. The summed E-state index contributed by atoms with van der Waals surface area (Å²) in [7, 11) is 0. The largest absolute Gasteiger partial charge is 0.382 e. The topological polar surface area (TPSA) is 76.7 Å². The number of rotatable bonds is 3. The highest BCUT2D eigenvalue weighted by atomic mass is 19.1. The van der Waals surface area contributed by atoms with Crippen molar-refractivity contribution in [2.45, 2.75) is 38.3 Å². The normalized spacial score (nSPS) is 16.3. The summed E-state index contributed by atoms with van der Waals surface area (Å²) in [6, 6.07) is 10.6. The number of nitrogens with zero attached hydrogens (tertiary/aromatic N) is 5. The average molecular weight is 389 g/mol. The van der Waals surface area contributed by atoms with Crippen LogP contribution in [0.2, 0.25) is 0 Å². The van der Waals surface area contributed by atoms with Gasteiger partial charge in [0.1, 0.15) is 22.8 Å². The summed E-state index contributed by atoms with van der Waals surface area (Å²) in [6.45, 7) is 3.29. The van der Waals surface area contributed by atoms with E-state index in [2.05, 4.69) is 14.5 Å². The predicted octanol–water partition coefficient (Wildman–Crippen LogP) is 3.79. The molecular weight excluding hydrogens is 369 g/mol. The molecule has 146 valence electrons. The molecule has 0 fully saturated rings. The van der Waals surface area contributed by atoms with Gasteiger partial charge < -0.3 is 9.67 Å². The van der Waals surface area contributed by atoms with Crippen LogP contribution in [-0.2, 0) is 12.0 Å². The second kappa shape index (κ2) is 6.42. The van der Waals surface area contributed by atoms with Crippen LogP contribution < -0.4 is 0 Å². The highest BCUT2D eigenvalue weighted by Gasteiger charge is 2.28. The van der Waals surface area contributed by atoms with Crippen molar-refractivity contribution < 1.29 is 9.50 Å². The first-order valence-corrected chi connectivity index (χ1v) is 9.59. The van der Waals surface area contributed by atoms with Crippen LogP contribution in [0.15, 0.2) is 48.8 Å². The quantitative estimate of drug-likeness (QED) is 0.577. The molecule has 1 aliphatic rings. The number of halogens is 1. The van der Waals surface area contributed by atoms with Crippen LogP contribution in [0.25, 0.3) is 22.4 Å². The van der Waals surface area contributed by atoms with Crippen LogP contribution >= 0.6 is 0 Å². The fourth-order valence-electron chi connectivity index (χ4n) is 3.89. The Morgan fingerprint density at radius 3 is 2.62 bits per heavy atom. The van der Waals surface area contributed by atoms with Gasteiger partial charge in [0.05, 0.1) is 11.7 Å². The van der Waals surface area contributed by atoms with Crippen LogP contribution in [0.3, 0.4) is 0 Å². The highest BCUT2D eigenvalue weighted by molar-refractivity contribution is 5.76. The Hall–Kier alpha value is -3.19. The number of benzene rings is 1. The maximum absolute atomic E-state index is 13.8. The second-order valence-electron chi connectivity index (χ2n) is 7.90. The first-order chi connectivity index (χ1) is 13.9. The summed E-state index contributed by atoms with van der Waals surface area (Å²) in [5.74, 6) is 1.09. The molecule has 0 spiro atoms. The van der Waals surface area contributed by atoms with E-state index in [1.54, 1.807) is 38.4 Å². The third-order valence-corrected chi connectivity index (χ3v) is 5.29. The molecule has 1 aromatic carbocycles. The Kier molecular flexibility index (Phi) is 3.96. The molecule has 1 atom stereocenters. The number of pyridine rings is 1. The van der Waals surface area contributed by atoms with Gasteiger partial charge in [0.25, 0.3) is 0 Å². The molecule has 3 aromatic heterocycles. The lowest BCUT2D eigenvalue weighted by molar-refractivity contribution is 0.0687. The van der Waals surface area contributed by atoms with Gasteiger partial charge in [-0.15, -0.1) is 0 Å². The first kappa shape index (κ1) is 17.9. The van der Waals surface area contributed by atoms with Gasteiger partial charge in [-0.3, -0.25) is 0 Å². The van der Waals surface area contributed by atoms with E-state index >= 15 is 0 Å². The number of aliphatic hydroxyl groups is 1. The van der Waals surface area contributed by atoms with Crippen molar-refractivity contribution in [3.63, 3.8) is 0 Å². The third-order valence-electron chi connectivity index (χ3n) is 5.29. The monoisotopic (exact) mass is 389 g/mol. The molecule has 0 radical (unpaired) electrons. The minimum absolute atomic E-state index is 0.0160. The van der Waals surface area contributed by atoms with Crippen molar-refractivity contribution in [1.29, 1.82) is 0 Å². The lowest BCUT2D eigenvalue weighted by Gasteiger charge is -2.15. The van der Waals surface area contributed by atoms with E-state index in [0.717, 1.165) is 46.7 Å². The van der Waals surface area contributed by atoms with Crippen molar-refractivity contribution in [3.8, 4) is 11.3 Å². The van der Waals surface area contributed by atoms with Crippen molar-refractivity contribution in [1.82, 2.24) is 24.5 Å². The molecule has 0 saturated heterocycles. The number of aromatic nitrogens is 5. The molecule has 1 aliphatic heterocycles. The van der Waals surface area contributed by atoms with Gasteiger partial charge in [0, 0.05) is 24.4 Å². The Balaban J connectivity index is 1.59. The van der Waals surface area contributed by atoms with Crippen LogP contribution in [-0.4, -0.2) is 29.6 Å². The molecule has 0 bridgehead atoms. The maximum Gasteiger partial charge on any atom is 0.161 e. The van der Waals surface area contributed by atoms with E-state index in [-0.39, 0.29) is 11.9 Å². The number of hydrogen-bond acceptors (Lipinski definition) is 5. The van der Waals surface area contributed by atoms with Gasteiger partial charge in [-0.2, -0.15) is 0 Å². The lowest BCUT2D eigenvalue weighted by Crippen LogP contribution is -2.19. The van der Waals surface area contributed by atoms with Crippen LogP contribution in [0.5, 0.6) is 0 Å². The van der Waals surface area contributed by atoms with E-state index < -0.39 is 5.60 Å². The van der Waals surface area contributed by atoms with Crippen LogP contribution in [0.4, 0.5) is 4.39 Å². The summed E-state index contributed by atoms with van der Waals surface area (Å²) in [6.07, 6.45) is 5.03. The minimum Gasteiger partial charge on any atom is -0.382 e. The zero-order valence-corrected chi connectivity index (χ0v) is 16.2. The number of aryl methyl sites for hydroxylation is 1. The van der Waals surface area contributed by atoms with E-state index in [9.17, 15) is 9.50 Å². The van der Waals surface area contributed by atoms with Gasteiger partial charge in [-0.1, -0.05) is 12.1 Å². The van der Waals surface area contributed by atoms with Gasteiger partial charge in [-0.25, -0.2) is 24.3 Å². The zero-order chi connectivity index (χ0) is 20.2. The molecule has 6 nitrogen and oxygen atoms in total. The zero-order valence-electron chi connectivity index (χ0n) is 16.2. The summed E-state index contributed by atoms with van der Waals surface area (Å²) in [5.41, 5.74) is 2.91. The van der Waals surface area contributed by atoms with Crippen LogP contribution in [0, 0.1) is 5.82 Å². The van der Waals surface area contributed by atoms with Crippen molar-refractivity contribution >= 4 is 11.2 Å². The van der Waals surface area contributed by atoms with Gasteiger partial charge >= 0.3 is 0 Å². The Morgan fingerprint density at radius 2 is 1.90 bits per heavy atom. The van der Waals surface area contributed by atoms with E-state index in [1.165, 1.54) is 6.07 Å². The predicted molar refractivity (Wildman–Crippen MR) is 107 cm³/mol. The van der Waals surface area contributed by atoms with E-state index in [1.807, 2.05) is 18.2 Å². The van der Waals surface area contributed by atoms with Crippen molar-refractivity contribution in [2.75, 3.05) is 0 Å². The SMILES string of the molecule is CC(C)(O)c1ncc(-c2ccc3nc4n(c3n2)C(c2cccc(F)c2)CC4)cn1. The van der Waals surface area contributed by atoms with Gasteiger partial charge in [-0.05, 0) is 50.1 Å². The standard InChI is InChI=1S/C22H20FN5O/c1-22(2,29)21-24-11-14(12-25-21)16-6-7-17-20(27-16)28-18(8-9-19(28)26-17)13-4-3-5-15(23)10-13/h3-7,10-12,18,29H,8-9H2,1-2H3. The van der Waals surface area contributed by atoms with Crippen molar-refractivity contribution in [2.24, 2.45) is 0 Å². The second-order valence-corrected chi connectivity index (χ2v) is 7.90. The summed E-state index contributed by atoms with van der Waals surface area (Å²) < 4.78 is 15.9. The summed E-state index contributed by atoms with van der Waals surface area (Å²) in [5, 5.41) is 10.0. The fraction of sp³-hybridized carbons (Fsp3) is 0.273. The fourth-order valence-corrected chi connectivity index (χ4v) is 3.89. The Labute approximate surface area is 167 Å². The van der Waals surface area contributed by atoms with Crippen molar-refractivity contribution in [3.05, 3.63) is 71.8 Å². The molecule has 5 rings (SSSR count). The Bertz CT molecular complexity index is 1210. The number of imidazole rings is 1. The van der Waals surface area contributed by atoms with E-state index in [4.69, 9.17) is 9.97 Å². The number of fused-ring (bicyclic) bond motifs is 3. The van der Waals surface area contributed by atoms with Gasteiger partial charge in [0.2, 0.25) is 0 Å².